The number of aryl methyl sites for hydroxylation is 1. The maximum atomic E-state index is 5.05. The van der Waals surface area contributed by atoms with Crippen LogP contribution < -0.4 is 0 Å². The van der Waals surface area contributed by atoms with E-state index in [2.05, 4.69) is 25.1 Å². The van der Waals surface area contributed by atoms with Crippen molar-refractivity contribution in [2.75, 3.05) is 0 Å². The Bertz CT molecular complexity index is 302. The Kier molecular flexibility index (Phi) is 3.31. The topological polar surface area (TPSA) is 27.1 Å². The van der Waals surface area contributed by atoms with Gasteiger partial charge in [0.05, 0.1) is 12.0 Å². The number of hydrogen-bond donors (Lipinski definition) is 0. The lowest BCUT2D eigenvalue weighted by Crippen LogP contribution is -1.96. The second kappa shape index (κ2) is 4.50. The van der Waals surface area contributed by atoms with E-state index in [9.17, 15) is 0 Å². The van der Waals surface area contributed by atoms with E-state index in [1.807, 2.05) is 10.8 Å². The largest absolute Gasteiger partial charge is 0.494 e. The van der Waals surface area contributed by atoms with Crippen LogP contribution in [0, 0.1) is 0 Å². The zero-order valence-electron chi connectivity index (χ0n) is 7.86. The van der Waals surface area contributed by atoms with Crippen molar-refractivity contribution in [2.45, 2.75) is 20.0 Å². The van der Waals surface area contributed by atoms with Crippen molar-refractivity contribution in [3.05, 3.63) is 37.1 Å². The summed E-state index contributed by atoms with van der Waals surface area (Å²) in [5.74, 6) is 0.853. The summed E-state index contributed by atoms with van der Waals surface area (Å²) >= 11 is 0. The highest BCUT2D eigenvalue weighted by molar-refractivity contribution is 5.22. The molecule has 0 amide bonds. The van der Waals surface area contributed by atoms with Gasteiger partial charge in [-0.2, -0.15) is 0 Å². The van der Waals surface area contributed by atoms with E-state index >= 15 is 0 Å². The first kappa shape index (κ1) is 9.58. The zero-order chi connectivity index (χ0) is 9.68. The van der Waals surface area contributed by atoms with Gasteiger partial charge >= 0.3 is 0 Å². The average molecular weight is 178 g/mol. The first-order chi connectivity index (χ1) is 6.31. The van der Waals surface area contributed by atoms with Crippen LogP contribution in [-0.2, 0) is 17.8 Å². The van der Waals surface area contributed by atoms with Crippen molar-refractivity contribution in [2.24, 2.45) is 0 Å². The van der Waals surface area contributed by atoms with E-state index in [0.717, 1.165) is 17.9 Å². The highest BCUT2D eigenvalue weighted by Crippen LogP contribution is 2.05. The van der Waals surface area contributed by atoms with Gasteiger partial charge in [0, 0.05) is 12.4 Å². The van der Waals surface area contributed by atoms with E-state index < -0.39 is 0 Å². The molecule has 1 rings (SSSR count). The molecule has 0 aliphatic rings. The Morgan fingerprint density at radius 3 is 2.92 bits per heavy atom. The molecule has 0 aromatic carbocycles. The van der Waals surface area contributed by atoms with Gasteiger partial charge in [0.25, 0.3) is 0 Å². The van der Waals surface area contributed by atoms with Gasteiger partial charge in [-0.25, -0.2) is 4.98 Å². The standard InChI is InChI=1S/C10H14N2O/c1-4-9-7-12(5-2)10(11-9)8-13-6-3/h5-7H,2-4,8H2,1H3. The predicted molar refractivity (Wildman–Crippen MR) is 53.0 cm³/mol. The summed E-state index contributed by atoms with van der Waals surface area (Å²) in [6.45, 7) is 9.67. The molecule has 1 aromatic heterocycles. The van der Waals surface area contributed by atoms with E-state index in [1.165, 1.54) is 6.26 Å². The van der Waals surface area contributed by atoms with Gasteiger partial charge in [-0.3, -0.25) is 0 Å². The van der Waals surface area contributed by atoms with Crippen molar-refractivity contribution >= 4 is 6.20 Å². The van der Waals surface area contributed by atoms with Gasteiger partial charge in [0.15, 0.2) is 5.82 Å². The van der Waals surface area contributed by atoms with Crippen LogP contribution in [-0.4, -0.2) is 9.55 Å². The molecule has 0 fully saturated rings. The summed E-state index contributed by atoms with van der Waals surface area (Å²) in [6.07, 6.45) is 6.00. The van der Waals surface area contributed by atoms with Gasteiger partial charge in [-0.15, -0.1) is 0 Å². The molecule has 0 bridgehead atoms. The summed E-state index contributed by atoms with van der Waals surface area (Å²) in [4.78, 5) is 4.36. The van der Waals surface area contributed by atoms with Crippen molar-refractivity contribution in [3.63, 3.8) is 0 Å². The Labute approximate surface area is 78.4 Å². The number of rotatable bonds is 5. The molecule has 0 atom stereocenters. The van der Waals surface area contributed by atoms with Crippen LogP contribution in [0.3, 0.4) is 0 Å². The van der Waals surface area contributed by atoms with Gasteiger partial charge in [0.1, 0.15) is 6.61 Å². The first-order valence-corrected chi connectivity index (χ1v) is 4.23. The minimum Gasteiger partial charge on any atom is -0.494 e. The van der Waals surface area contributed by atoms with Crippen LogP contribution in [0.5, 0.6) is 0 Å². The van der Waals surface area contributed by atoms with Crippen molar-refractivity contribution in [3.8, 4) is 0 Å². The van der Waals surface area contributed by atoms with E-state index in [4.69, 9.17) is 4.74 Å². The molecule has 0 unspecified atom stereocenters. The predicted octanol–water partition coefficient (Wildman–Crippen LogP) is 2.21. The molecular formula is C10H14N2O. The third-order valence-corrected chi connectivity index (χ3v) is 1.75. The highest BCUT2D eigenvalue weighted by Gasteiger charge is 2.03. The third-order valence-electron chi connectivity index (χ3n) is 1.75. The molecule has 0 N–H and O–H groups in total. The molecule has 1 heterocycles. The number of ether oxygens (including phenoxy) is 1. The van der Waals surface area contributed by atoms with Crippen LogP contribution in [0.1, 0.15) is 18.4 Å². The maximum absolute atomic E-state index is 5.05. The number of aromatic nitrogens is 2. The molecule has 0 saturated carbocycles. The molecule has 0 spiro atoms. The molecule has 3 nitrogen and oxygen atoms in total. The molecule has 1 aromatic rings. The van der Waals surface area contributed by atoms with Gasteiger partial charge in [-0.1, -0.05) is 20.1 Å². The van der Waals surface area contributed by atoms with Gasteiger partial charge < -0.3 is 9.30 Å². The number of imidazole rings is 1. The second-order valence-corrected chi connectivity index (χ2v) is 2.57. The van der Waals surface area contributed by atoms with Crippen molar-refractivity contribution in [1.82, 2.24) is 9.55 Å². The Morgan fingerprint density at radius 2 is 2.38 bits per heavy atom. The fraction of sp³-hybridized carbons (Fsp3) is 0.300. The minimum absolute atomic E-state index is 0.440. The lowest BCUT2D eigenvalue weighted by Gasteiger charge is -2.00. The third kappa shape index (κ3) is 2.21. The maximum Gasteiger partial charge on any atom is 0.151 e. The first-order valence-electron chi connectivity index (χ1n) is 4.23. The van der Waals surface area contributed by atoms with Crippen LogP contribution in [0.15, 0.2) is 25.6 Å². The Balaban J connectivity index is 2.83. The lowest BCUT2D eigenvalue weighted by molar-refractivity contribution is 0.228. The monoisotopic (exact) mass is 178 g/mol. The summed E-state index contributed by atoms with van der Waals surface area (Å²) in [7, 11) is 0. The Hall–Kier alpha value is -1.51. The van der Waals surface area contributed by atoms with Gasteiger partial charge in [0.2, 0.25) is 0 Å². The van der Waals surface area contributed by atoms with Crippen LogP contribution >= 0.6 is 0 Å². The lowest BCUT2D eigenvalue weighted by atomic mass is 10.4. The molecule has 13 heavy (non-hydrogen) atoms. The number of nitrogens with zero attached hydrogens (tertiary/aromatic N) is 2. The Morgan fingerprint density at radius 1 is 1.62 bits per heavy atom. The van der Waals surface area contributed by atoms with Crippen LogP contribution in [0.2, 0.25) is 0 Å². The second-order valence-electron chi connectivity index (χ2n) is 2.57. The SMILES string of the molecule is C=COCc1nc(CC)cn1C=C. The smallest absolute Gasteiger partial charge is 0.151 e. The van der Waals surface area contributed by atoms with Crippen LogP contribution in [0.25, 0.3) is 6.20 Å². The highest BCUT2D eigenvalue weighted by atomic mass is 16.5. The minimum atomic E-state index is 0.440. The van der Waals surface area contributed by atoms with Crippen LogP contribution in [0.4, 0.5) is 0 Å². The fourth-order valence-electron chi connectivity index (χ4n) is 1.06. The number of hydrogen-bond acceptors (Lipinski definition) is 2. The molecule has 0 saturated heterocycles. The van der Waals surface area contributed by atoms with E-state index in [0.29, 0.717) is 6.61 Å². The van der Waals surface area contributed by atoms with E-state index in [1.54, 1.807) is 6.20 Å². The normalized spacial score (nSPS) is 9.62. The van der Waals surface area contributed by atoms with E-state index in [-0.39, 0.29) is 0 Å². The summed E-state index contributed by atoms with van der Waals surface area (Å²) < 4.78 is 6.92. The van der Waals surface area contributed by atoms with Gasteiger partial charge in [-0.05, 0) is 6.42 Å². The molecule has 3 heteroatoms. The summed E-state index contributed by atoms with van der Waals surface area (Å²) in [5, 5.41) is 0. The molecular weight excluding hydrogens is 164 g/mol. The molecule has 0 radical (unpaired) electrons. The summed E-state index contributed by atoms with van der Waals surface area (Å²) in [5.41, 5.74) is 1.04. The molecule has 0 aliphatic heterocycles. The quantitative estimate of drug-likeness (QED) is 0.646. The van der Waals surface area contributed by atoms with Crippen molar-refractivity contribution < 1.29 is 4.74 Å². The average Bonchev–Trinajstić information content (AvgIpc) is 2.57. The molecule has 0 aliphatic carbocycles. The zero-order valence-corrected chi connectivity index (χ0v) is 7.86. The summed E-state index contributed by atoms with van der Waals surface area (Å²) in [6, 6.07) is 0. The van der Waals surface area contributed by atoms with Crippen molar-refractivity contribution in [1.29, 1.82) is 0 Å². The fourth-order valence-corrected chi connectivity index (χ4v) is 1.06. The molecule has 70 valence electrons.